The molecule has 0 unspecified atom stereocenters. The van der Waals surface area contributed by atoms with Crippen molar-refractivity contribution in [2.75, 3.05) is 6.54 Å². The molecule has 1 heterocycles. The van der Waals surface area contributed by atoms with Crippen LogP contribution in [0.15, 0.2) is 28.7 Å². The molecule has 1 fully saturated rings. The molecule has 0 saturated carbocycles. The van der Waals surface area contributed by atoms with E-state index in [0.717, 1.165) is 10.9 Å². The molecule has 0 radical (unpaired) electrons. The molecule has 1 amide bonds. The molecule has 0 aliphatic carbocycles. The van der Waals surface area contributed by atoms with E-state index in [2.05, 4.69) is 15.9 Å². The van der Waals surface area contributed by atoms with Crippen LogP contribution >= 0.6 is 15.9 Å². The van der Waals surface area contributed by atoms with Gasteiger partial charge in [-0.1, -0.05) is 12.1 Å². The number of carbonyl (C=O) groups is 2. The first-order valence-corrected chi connectivity index (χ1v) is 7.10. The molecule has 0 bridgehead atoms. The zero-order valence-corrected chi connectivity index (χ0v) is 12.3. The van der Waals surface area contributed by atoms with Crippen LogP contribution in [0, 0.1) is 5.92 Å². The van der Waals surface area contributed by atoms with Crippen LogP contribution in [0.5, 0.6) is 0 Å². The topological polar surface area (TPSA) is 57.6 Å². The lowest BCUT2D eigenvalue weighted by Gasteiger charge is -2.37. The molecule has 1 saturated heterocycles. The number of rotatable bonds is 2. The van der Waals surface area contributed by atoms with Gasteiger partial charge >= 0.3 is 5.97 Å². The number of hydrogen-bond donors (Lipinski definition) is 1. The Morgan fingerprint density at radius 3 is 2.68 bits per heavy atom. The third-order valence-electron chi connectivity index (χ3n) is 3.67. The van der Waals surface area contributed by atoms with Crippen LogP contribution in [0.2, 0.25) is 0 Å². The minimum absolute atomic E-state index is 0.106. The quantitative estimate of drug-likeness (QED) is 0.909. The maximum absolute atomic E-state index is 12.5. The van der Waals surface area contributed by atoms with Crippen LogP contribution in [0.4, 0.5) is 0 Å². The molecule has 1 aromatic carbocycles. The van der Waals surface area contributed by atoms with E-state index in [1.165, 1.54) is 0 Å². The highest BCUT2D eigenvalue weighted by atomic mass is 79.9. The molecule has 2 rings (SSSR count). The molecule has 1 aliphatic heterocycles. The van der Waals surface area contributed by atoms with E-state index >= 15 is 0 Å². The Kier molecular flexibility index (Phi) is 4.24. The van der Waals surface area contributed by atoms with Crippen LogP contribution in [0.1, 0.15) is 30.1 Å². The van der Waals surface area contributed by atoms with Gasteiger partial charge in [0.25, 0.3) is 5.91 Å². The first-order valence-electron chi connectivity index (χ1n) is 6.30. The second-order valence-electron chi connectivity index (χ2n) is 4.81. The van der Waals surface area contributed by atoms with Gasteiger partial charge in [0.1, 0.15) is 0 Å². The molecule has 1 aromatic rings. The minimum Gasteiger partial charge on any atom is -0.481 e. The maximum atomic E-state index is 12.5. The molecule has 0 spiro atoms. The highest BCUT2D eigenvalue weighted by molar-refractivity contribution is 9.10. The van der Waals surface area contributed by atoms with E-state index in [1.54, 1.807) is 17.0 Å². The molecule has 19 heavy (non-hydrogen) atoms. The Hall–Kier alpha value is -1.36. The summed E-state index contributed by atoms with van der Waals surface area (Å²) < 4.78 is 0.740. The fourth-order valence-electron chi connectivity index (χ4n) is 2.55. The molecule has 5 heteroatoms. The zero-order valence-electron chi connectivity index (χ0n) is 10.7. The SMILES string of the molecule is C[C@@H]1[C@H](C(=O)O)CCCN1C(=O)c1ccccc1Br. The van der Waals surface area contributed by atoms with E-state index in [-0.39, 0.29) is 11.9 Å². The van der Waals surface area contributed by atoms with Crippen molar-refractivity contribution in [3.8, 4) is 0 Å². The summed E-state index contributed by atoms with van der Waals surface area (Å²) in [5.41, 5.74) is 0.584. The van der Waals surface area contributed by atoms with Gasteiger partial charge in [-0.2, -0.15) is 0 Å². The monoisotopic (exact) mass is 325 g/mol. The third kappa shape index (κ3) is 2.81. The Labute approximate surface area is 120 Å². The summed E-state index contributed by atoms with van der Waals surface area (Å²) in [6, 6.07) is 6.95. The molecule has 2 atom stereocenters. The second kappa shape index (κ2) is 5.74. The second-order valence-corrected chi connectivity index (χ2v) is 5.66. The smallest absolute Gasteiger partial charge is 0.308 e. The van der Waals surface area contributed by atoms with Gasteiger partial charge in [-0.25, -0.2) is 0 Å². The Morgan fingerprint density at radius 1 is 1.37 bits per heavy atom. The lowest BCUT2D eigenvalue weighted by molar-refractivity contribution is -0.144. The average Bonchev–Trinajstić information content (AvgIpc) is 2.38. The maximum Gasteiger partial charge on any atom is 0.308 e. The van der Waals surface area contributed by atoms with Gasteiger partial charge in [-0.05, 0) is 47.8 Å². The average molecular weight is 326 g/mol. The summed E-state index contributed by atoms with van der Waals surface area (Å²) in [5.74, 6) is -1.40. The molecule has 1 aliphatic rings. The summed E-state index contributed by atoms with van der Waals surface area (Å²) in [5, 5.41) is 9.19. The summed E-state index contributed by atoms with van der Waals surface area (Å²) in [7, 11) is 0. The molecule has 102 valence electrons. The largest absolute Gasteiger partial charge is 0.481 e. The predicted molar refractivity (Wildman–Crippen MR) is 75.0 cm³/mol. The zero-order chi connectivity index (χ0) is 14.0. The summed E-state index contributed by atoms with van der Waals surface area (Å²) >= 11 is 3.36. The normalized spacial score (nSPS) is 23.2. The fourth-order valence-corrected chi connectivity index (χ4v) is 3.00. The van der Waals surface area contributed by atoms with E-state index in [0.29, 0.717) is 18.5 Å². The summed E-state index contributed by atoms with van der Waals surface area (Å²) in [6.45, 7) is 2.43. The van der Waals surface area contributed by atoms with Crippen LogP contribution in [-0.2, 0) is 4.79 Å². The van der Waals surface area contributed by atoms with Crippen LogP contribution in [-0.4, -0.2) is 34.5 Å². The fraction of sp³-hybridized carbons (Fsp3) is 0.429. The van der Waals surface area contributed by atoms with Crippen molar-refractivity contribution in [1.82, 2.24) is 4.90 Å². The van der Waals surface area contributed by atoms with Gasteiger partial charge in [0.15, 0.2) is 0 Å². The van der Waals surface area contributed by atoms with Gasteiger partial charge in [0.2, 0.25) is 0 Å². The summed E-state index contributed by atoms with van der Waals surface area (Å²) in [4.78, 5) is 25.4. The number of halogens is 1. The van der Waals surface area contributed by atoms with Gasteiger partial charge in [-0.3, -0.25) is 9.59 Å². The standard InChI is InChI=1S/C14H16BrNO3/c1-9-10(14(18)19)6-4-8-16(9)13(17)11-5-2-3-7-12(11)15/h2-3,5,7,9-10H,4,6,8H2,1H3,(H,18,19)/t9-,10-/m1/s1. The predicted octanol–water partition coefficient (Wildman–Crippen LogP) is 2.77. The lowest BCUT2D eigenvalue weighted by Crippen LogP contribution is -2.49. The molecule has 4 nitrogen and oxygen atoms in total. The minimum atomic E-state index is -0.822. The number of likely N-dealkylation sites (tertiary alicyclic amines) is 1. The Bertz CT molecular complexity index is 503. The highest BCUT2D eigenvalue weighted by Gasteiger charge is 2.35. The first kappa shape index (κ1) is 14.1. The number of aliphatic carboxylic acids is 1. The number of amides is 1. The number of carboxylic acid groups (broad SMARTS) is 1. The van der Waals surface area contributed by atoms with Crippen LogP contribution in [0.25, 0.3) is 0 Å². The van der Waals surface area contributed by atoms with Crippen molar-refractivity contribution in [3.63, 3.8) is 0 Å². The van der Waals surface area contributed by atoms with Crippen molar-refractivity contribution >= 4 is 27.8 Å². The molecule has 1 N–H and O–H groups in total. The number of carboxylic acids is 1. The van der Waals surface area contributed by atoms with Crippen LogP contribution < -0.4 is 0 Å². The van der Waals surface area contributed by atoms with Crippen molar-refractivity contribution < 1.29 is 14.7 Å². The van der Waals surface area contributed by atoms with Crippen molar-refractivity contribution in [2.45, 2.75) is 25.8 Å². The first-order chi connectivity index (χ1) is 9.02. The van der Waals surface area contributed by atoms with E-state index in [1.807, 2.05) is 19.1 Å². The van der Waals surface area contributed by atoms with E-state index in [9.17, 15) is 14.7 Å². The molecular formula is C14H16BrNO3. The number of carbonyl (C=O) groups excluding carboxylic acids is 1. The summed E-state index contributed by atoms with van der Waals surface area (Å²) in [6.07, 6.45) is 1.37. The van der Waals surface area contributed by atoms with Crippen molar-refractivity contribution in [2.24, 2.45) is 5.92 Å². The Morgan fingerprint density at radius 2 is 2.05 bits per heavy atom. The number of benzene rings is 1. The van der Waals surface area contributed by atoms with Gasteiger partial charge in [0.05, 0.1) is 11.5 Å². The number of piperidine rings is 1. The van der Waals surface area contributed by atoms with Gasteiger partial charge in [0, 0.05) is 17.1 Å². The molecular weight excluding hydrogens is 310 g/mol. The number of nitrogens with zero attached hydrogens (tertiary/aromatic N) is 1. The highest BCUT2D eigenvalue weighted by Crippen LogP contribution is 2.27. The van der Waals surface area contributed by atoms with E-state index in [4.69, 9.17) is 0 Å². The van der Waals surface area contributed by atoms with Crippen molar-refractivity contribution in [3.05, 3.63) is 34.3 Å². The molecule has 0 aromatic heterocycles. The Balaban J connectivity index is 2.24. The number of hydrogen-bond acceptors (Lipinski definition) is 2. The van der Waals surface area contributed by atoms with Crippen molar-refractivity contribution in [1.29, 1.82) is 0 Å². The van der Waals surface area contributed by atoms with E-state index < -0.39 is 11.9 Å². The van der Waals surface area contributed by atoms with Gasteiger partial charge < -0.3 is 10.0 Å². The third-order valence-corrected chi connectivity index (χ3v) is 4.36. The lowest BCUT2D eigenvalue weighted by atomic mass is 9.90. The van der Waals surface area contributed by atoms with Gasteiger partial charge in [-0.15, -0.1) is 0 Å². The van der Waals surface area contributed by atoms with Crippen LogP contribution in [0.3, 0.4) is 0 Å².